The standard InChI is InChI=1S/C16H21Br2NOS/c1-11-8-13(17)15(14(18)9-11)19-12-2-5-20-16(10-12)3-6-21-7-4-16/h8-9,12,19H,2-7,10H2,1H3. The van der Waals surface area contributed by atoms with Crippen LogP contribution in [0.4, 0.5) is 5.69 Å². The van der Waals surface area contributed by atoms with Gasteiger partial charge in [0.2, 0.25) is 0 Å². The minimum Gasteiger partial charge on any atom is -0.380 e. The van der Waals surface area contributed by atoms with Gasteiger partial charge in [-0.3, -0.25) is 0 Å². The van der Waals surface area contributed by atoms with Crippen molar-refractivity contribution < 1.29 is 4.74 Å². The predicted molar refractivity (Wildman–Crippen MR) is 98.5 cm³/mol. The number of benzene rings is 1. The molecule has 1 unspecified atom stereocenters. The summed E-state index contributed by atoms with van der Waals surface area (Å²) in [4.78, 5) is 0. The molecule has 1 atom stereocenters. The van der Waals surface area contributed by atoms with E-state index in [-0.39, 0.29) is 5.60 Å². The average molecular weight is 435 g/mol. The van der Waals surface area contributed by atoms with Gasteiger partial charge < -0.3 is 10.1 Å². The molecule has 0 amide bonds. The van der Waals surface area contributed by atoms with E-state index in [0.717, 1.165) is 28.4 Å². The van der Waals surface area contributed by atoms with Crippen LogP contribution in [0, 0.1) is 6.92 Å². The summed E-state index contributed by atoms with van der Waals surface area (Å²) in [6.07, 6.45) is 4.61. The Morgan fingerprint density at radius 3 is 2.57 bits per heavy atom. The summed E-state index contributed by atoms with van der Waals surface area (Å²) < 4.78 is 8.44. The maximum Gasteiger partial charge on any atom is 0.0717 e. The van der Waals surface area contributed by atoms with Crippen molar-refractivity contribution in [2.45, 2.75) is 44.2 Å². The van der Waals surface area contributed by atoms with E-state index in [1.54, 1.807) is 0 Å². The maximum atomic E-state index is 6.18. The Hall–Kier alpha value is 0.290. The smallest absolute Gasteiger partial charge is 0.0717 e. The number of halogens is 2. The first-order valence-corrected chi connectivity index (χ1v) is 10.3. The molecule has 21 heavy (non-hydrogen) atoms. The minimum atomic E-state index is 0.130. The van der Waals surface area contributed by atoms with E-state index < -0.39 is 0 Å². The first-order valence-electron chi connectivity index (χ1n) is 7.52. The number of anilines is 1. The molecular formula is C16H21Br2NOS. The van der Waals surface area contributed by atoms with Gasteiger partial charge in [-0.2, -0.15) is 11.8 Å². The number of hydrogen-bond acceptors (Lipinski definition) is 3. The molecule has 1 aromatic rings. The van der Waals surface area contributed by atoms with E-state index in [9.17, 15) is 0 Å². The van der Waals surface area contributed by atoms with Crippen molar-refractivity contribution in [1.29, 1.82) is 0 Å². The third-order valence-corrected chi connectivity index (χ3v) is 6.67. The Morgan fingerprint density at radius 1 is 1.24 bits per heavy atom. The summed E-state index contributed by atoms with van der Waals surface area (Å²) in [5.41, 5.74) is 2.56. The lowest BCUT2D eigenvalue weighted by Crippen LogP contribution is -2.46. The molecule has 0 bridgehead atoms. The largest absolute Gasteiger partial charge is 0.380 e. The average Bonchev–Trinajstić information content (AvgIpc) is 2.44. The number of hydrogen-bond donors (Lipinski definition) is 1. The molecule has 2 aliphatic heterocycles. The second kappa shape index (κ2) is 6.81. The van der Waals surface area contributed by atoms with Crippen molar-refractivity contribution in [3.63, 3.8) is 0 Å². The van der Waals surface area contributed by atoms with Crippen LogP contribution in [0.25, 0.3) is 0 Å². The number of aryl methyl sites for hydroxylation is 1. The van der Waals surface area contributed by atoms with Gasteiger partial charge in [0.25, 0.3) is 0 Å². The van der Waals surface area contributed by atoms with Gasteiger partial charge in [-0.15, -0.1) is 0 Å². The highest BCUT2D eigenvalue weighted by atomic mass is 79.9. The number of ether oxygens (including phenoxy) is 1. The normalized spacial score (nSPS) is 25.0. The number of thioether (sulfide) groups is 1. The topological polar surface area (TPSA) is 21.3 Å². The Kier molecular flexibility index (Phi) is 5.24. The maximum absolute atomic E-state index is 6.18. The molecular weight excluding hydrogens is 414 g/mol. The summed E-state index contributed by atoms with van der Waals surface area (Å²) in [6.45, 7) is 2.99. The molecule has 0 aromatic heterocycles. The number of rotatable bonds is 2. The lowest BCUT2D eigenvalue weighted by atomic mass is 9.85. The van der Waals surface area contributed by atoms with E-state index in [1.807, 2.05) is 0 Å². The van der Waals surface area contributed by atoms with E-state index in [1.165, 1.54) is 35.6 Å². The second-order valence-corrected chi connectivity index (χ2v) is 9.01. The Bertz CT molecular complexity index is 488. The molecule has 1 N–H and O–H groups in total. The molecule has 0 aliphatic carbocycles. The van der Waals surface area contributed by atoms with Crippen LogP contribution in [0.3, 0.4) is 0 Å². The van der Waals surface area contributed by atoms with Crippen molar-refractivity contribution in [2.75, 3.05) is 23.4 Å². The molecule has 3 rings (SSSR count). The Labute approximate surface area is 148 Å². The van der Waals surface area contributed by atoms with Gasteiger partial charge in [0.05, 0.1) is 11.3 Å². The molecule has 2 heterocycles. The molecule has 5 heteroatoms. The fourth-order valence-corrected chi connectivity index (χ4v) is 6.17. The summed E-state index contributed by atoms with van der Waals surface area (Å²) in [7, 11) is 0. The zero-order valence-electron chi connectivity index (χ0n) is 12.3. The predicted octanol–water partition coefficient (Wildman–Crippen LogP) is 5.38. The SMILES string of the molecule is Cc1cc(Br)c(NC2CCOC3(CCSCC3)C2)c(Br)c1. The zero-order valence-corrected chi connectivity index (χ0v) is 16.2. The van der Waals surface area contributed by atoms with Crippen molar-refractivity contribution in [1.82, 2.24) is 0 Å². The van der Waals surface area contributed by atoms with Crippen LogP contribution in [0.2, 0.25) is 0 Å². The third kappa shape index (κ3) is 3.80. The van der Waals surface area contributed by atoms with Gasteiger partial charge in [0, 0.05) is 21.6 Å². The highest BCUT2D eigenvalue weighted by Gasteiger charge is 2.38. The summed E-state index contributed by atoms with van der Waals surface area (Å²) in [5, 5.41) is 3.74. The summed E-state index contributed by atoms with van der Waals surface area (Å²) >= 11 is 9.43. The van der Waals surface area contributed by atoms with Gasteiger partial charge in [0.1, 0.15) is 0 Å². The first-order chi connectivity index (χ1) is 10.1. The van der Waals surface area contributed by atoms with Gasteiger partial charge in [0.15, 0.2) is 0 Å². The highest BCUT2D eigenvalue weighted by Crippen LogP contribution is 2.40. The van der Waals surface area contributed by atoms with Gasteiger partial charge in [-0.1, -0.05) is 0 Å². The number of nitrogens with one attached hydrogen (secondary N) is 1. The molecule has 2 nitrogen and oxygen atoms in total. The first kappa shape index (κ1) is 16.2. The van der Waals surface area contributed by atoms with Gasteiger partial charge >= 0.3 is 0 Å². The molecule has 116 valence electrons. The van der Waals surface area contributed by atoms with Crippen molar-refractivity contribution in [3.05, 3.63) is 26.6 Å². The monoisotopic (exact) mass is 433 g/mol. The van der Waals surface area contributed by atoms with Crippen molar-refractivity contribution >= 4 is 49.3 Å². The molecule has 1 aromatic carbocycles. The van der Waals surface area contributed by atoms with Crippen LogP contribution in [0.15, 0.2) is 21.1 Å². The summed E-state index contributed by atoms with van der Waals surface area (Å²) in [6, 6.07) is 4.83. The molecule has 0 radical (unpaired) electrons. The van der Waals surface area contributed by atoms with Crippen LogP contribution in [-0.2, 0) is 4.74 Å². The lowest BCUT2D eigenvalue weighted by Gasteiger charge is -2.43. The lowest BCUT2D eigenvalue weighted by molar-refractivity contribution is -0.0865. The molecule has 0 saturated carbocycles. The molecule has 2 saturated heterocycles. The van der Waals surface area contributed by atoms with Crippen LogP contribution in [0.1, 0.15) is 31.2 Å². The van der Waals surface area contributed by atoms with E-state index in [0.29, 0.717) is 6.04 Å². The quantitative estimate of drug-likeness (QED) is 0.675. The van der Waals surface area contributed by atoms with Gasteiger partial charge in [-0.05, 0) is 93.7 Å². The van der Waals surface area contributed by atoms with E-state index >= 15 is 0 Å². The van der Waals surface area contributed by atoms with Crippen LogP contribution in [-0.4, -0.2) is 29.8 Å². The molecule has 1 spiro atoms. The van der Waals surface area contributed by atoms with Crippen LogP contribution >= 0.6 is 43.6 Å². The Morgan fingerprint density at radius 2 is 1.90 bits per heavy atom. The molecule has 2 aliphatic rings. The third-order valence-electron chi connectivity index (χ3n) is 4.43. The van der Waals surface area contributed by atoms with Gasteiger partial charge in [-0.25, -0.2) is 0 Å². The molecule has 2 fully saturated rings. The fraction of sp³-hybridized carbons (Fsp3) is 0.625. The Balaban J connectivity index is 1.73. The van der Waals surface area contributed by atoms with E-state index in [2.05, 4.69) is 68.0 Å². The zero-order chi connectivity index (χ0) is 14.9. The van der Waals surface area contributed by atoms with Crippen molar-refractivity contribution in [2.24, 2.45) is 0 Å². The summed E-state index contributed by atoms with van der Waals surface area (Å²) in [5.74, 6) is 2.48. The minimum absolute atomic E-state index is 0.130. The second-order valence-electron chi connectivity index (χ2n) is 6.08. The van der Waals surface area contributed by atoms with Crippen LogP contribution in [0.5, 0.6) is 0 Å². The van der Waals surface area contributed by atoms with Crippen molar-refractivity contribution in [3.8, 4) is 0 Å². The van der Waals surface area contributed by atoms with E-state index in [4.69, 9.17) is 4.74 Å². The van der Waals surface area contributed by atoms with Crippen LogP contribution < -0.4 is 5.32 Å². The highest BCUT2D eigenvalue weighted by molar-refractivity contribution is 9.11. The fourth-order valence-electron chi connectivity index (χ4n) is 3.28.